The standard InChI is InChI=1S/C17H30N6.HI/c1-4-18-16(19-12-17(3)9-5-6-10-17)21-14-8-7-11-23-15(14)20-13(2)22-23;/h14H,4-12H2,1-3H3,(H2,18,19,21);1H. The summed E-state index contributed by atoms with van der Waals surface area (Å²) in [6, 6.07) is 0.208. The van der Waals surface area contributed by atoms with Crippen LogP contribution < -0.4 is 10.6 Å². The third-order valence-corrected chi connectivity index (χ3v) is 5.07. The van der Waals surface area contributed by atoms with Crippen LogP contribution in [0.5, 0.6) is 0 Å². The third kappa shape index (κ3) is 4.61. The summed E-state index contributed by atoms with van der Waals surface area (Å²) in [6.07, 6.45) is 7.51. The van der Waals surface area contributed by atoms with Crippen LogP contribution in [0.4, 0.5) is 0 Å². The largest absolute Gasteiger partial charge is 0.357 e. The minimum absolute atomic E-state index is 0. The molecule has 2 heterocycles. The van der Waals surface area contributed by atoms with Crippen LogP contribution in [-0.2, 0) is 6.54 Å². The minimum atomic E-state index is 0. The number of hydrogen-bond donors (Lipinski definition) is 2. The van der Waals surface area contributed by atoms with Gasteiger partial charge in [0.1, 0.15) is 11.6 Å². The van der Waals surface area contributed by atoms with Gasteiger partial charge in [0.05, 0.1) is 6.04 Å². The minimum Gasteiger partial charge on any atom is -0.357 e. The Morgan fingerprint density at radius 3 is 2.79 bits per heavy atom. The van der Waals surface area contributed by atoms with E-state index in [0.29, 0.717) is 5.41 Å². The van der Waals surface area contributed by atoms with Crippen molar-refractivity contribution in [2.45, 2.75) is 71.9 Å². The first kappa shape index (κ1) is 19.5. The average molecular weight is 446 g/mol. The molecule has 1 aromatic rings. The maximum Gasteiger partial charge on any atom is 0.191 e. The molecule has 0 aromatic carbocycles. The highest BCUT2D eigenvalue weighted by atomic mass is 127. The number of aromatic nitrogens is 3. The maximum absolute atomic E-state index is 4.88. The van der Waals surface area contributed by atoms with E-state index in [1.807, 2.05) is 11.6 Å². The Kier molecular flexibility index (Phi) is 6.88. The van der Waals surface area contributed by atoms with Crippen LogP contribution in [0.1, 0.15) is 70.1 Å². The highest BCUT2D eigenvalue weighted by Crippen LogP contribution is 2.37. The van der Waals surface area contributed by atoms with Gasteiger partial charge in [0, 0.05) is 19.6 Å². The van der Waals surface area contributed by atoms with Crippen molar-refractivity contribution in [2.75, 3.05) is 13.1 Å². The molecule has 7 heteroatoms. The lowest BCUT2D eigenvalue weighted by atomic mass is 9.89. The molecule has 1 atom stereocenters. The van der Waals surface area contributed by atoms with E-state index in [2.05, 4.69) is 34.6 Å². The zero-order valence-corrected chi connectivity index (χ0v) is 17.5. The number of nitrogens with zero attached hydrogens (tertiary/aromatic N) is 4. The van der Waals surface area contributed by atoms with Gasteiger partial charge in [-0.15, -0.1) is 24.0 Å². The van der Waals surface area contributed by atoms with Gasteiger partial charge in [0.25, 0.3) is 0 Å². The lowest BCUT2D eigenvalue weighted by molar-refractivity contribution is 0.349. The number of aliphatic imine (C=N–C) groups is 1. The van der Waals surface area contributed by atoms with E-state index in [1.165, 1.54) is 25.7 Å². The van der Waals surface area contributed by atoms with Crippen LogP contribution in [0.2, 0.25) is 0 Å². The van der Waals surface area contributed by atoms with Crippen molar-refractivity contribution in [3.8, 4) is 0 Å². The molecule has 0 saturated heterocycles. The lowest BCUT2D eigenvalue weighted by Crippen LogP contribution is -2.42. The number of rotatable bonds is 4. The molecular formula is C17H31IN6. The molecule has 3 rings (SSSR count). The van der Waals surface area contributed by atoms with Crippen molar-refractivity contribution >= 4 is 29.9 Å². The molecule has 136 valence electrons. The van der Waals surface area contributed by atoms with E-state index in [1.54, 1.807) is 0 Å². The second-order valence-electron chi connectivity index (χ2n) is 7.29. The molecule has 1 saturated carbocycles. The first-order valence-electron chi connectivity index (χ1n) is 9.06. The van der Waals surface area contributed by atoms with Crippen LogP contribution >= 0.6 is 24.0 Å². The molecule has 24 heavy (non-hydrogen) atoms. The predicted octanol–water partition coefficient (Wildman–Crippen LogP) is 3.17. The molecule has 0 spiro atoms. The van der Waals surface area contributed by atoms with Crippen molar-refractivity contribution in [3.05, 3.63) is 11.6 Å². The van der Waals surface area contributed by atoms with Crippen molar-refractivity contribution in [2.24, 2.45) is 10.4 Å². The molecule has 2 aliphatic rings. The van der Waals surface area contributed by atoms with Gasteiger partial charge < -0.3 is 10.6 Å². The second-order valence-corrected chi connectivity index (χ2v) is 7.29. The summed E-state index contributed by atoms with van der Waals surface area (Å²) in [6.45, 7) is 9.19. The molecule has 6 nitrogen and oxygen atoms in total. The van der Waals surface area contributed by atoms with Crippen molar-refractivity contribution in [1.82, 2.24) is 25.4 Å². The van der Waals surface area contributed by atoms with Crippen LogP contribution in [0.15, 0.2) is 4.99 Å². The van der Waals surface area contributed by atoms with Gasteiger partial charge in [-0.3, -0.25) is 4.99 Å². The fraction of sp³-hybridized carbons (Fsp3) is 0.824. The Hall–Kier alpha value is -0.860. The summed E-state index contributed by atoms with van der Waals surface area (Å²) in [5, 5.41) is 11.5. The van der Waals surface area contributed by atoms with Crippen LogP contribution in [0.3, 0.4) is 0 Å². The summed E-state index contributed by atoms with van der Waals surface area (Å²) in [5.41, 5.74) is 0.380. The van der Waals surface area contributed by atoms with Crippen molar-refractivity contribution in [1.29, 1.82) is 0 Å². The molecular weight excluding hydrogens is 415 g/mol. The molecule has 1 aromatic heterocycles. The number of aryl methyl sites for hydroxylation is 2. The van der Waals surface area contributed by atoms with E-state index >= 15 is 0 Å². The van der Waals surface area contributed by atoms with Crippen molar-refractivity contribution < 1.29 is 0 Å². The highest BCUT2D eigenvalue weighted by Gasteiger charge is 2.29. The molecule has 1 unspecified atom stereocenters. The summed E-state index contributed by atoms with van der Waals surface area (Å²) >= 11 is 0. The summed E-state index contributed by atoms with van der Waals surface area (Å²) in [5.74, 6) is 2.82. The van der Waals surface area contributed by atoms with E-state index < -0.39 is 0 Å². The van der Waals surface area contributed by atoms with Crippen LogP contribution in [-0.4, -0.2) is 33.8 Å². The van der Waals surface area contributed by atoms with E-state index in [-0.39, 0.29) is 30.0 Å². The Bertz CT molecular complexity index is 561. The van der Waals surface area contributed by atoms with Gasteiger partial charge in [-0.25, -0.2) is 9.67 Å². The Labute approximate surface area is 162 Å². The smallest absolute Gasteiger partial charge is 0.191 e. The van der Waals surface area contributed by atoms with Gasteiger partial charge >= 0.3 is 0 Å². The van der Waals surface area contributed by atoms with E-state index in [4.69, 9.17) is 4.99 Å². The summed E-state index contributed by atoms with van der Waals surface area (Å²) in [4.78, 5) is 9.48. The molecule has 0 bridgehead atoms. The predicted molar refractivity (Wildman–Crippen MR) is 108 cm³/mol. The Morgan fingerprint density at radius 2 is 2.08 bits per heavy atom. The molecule has 1 aliphatic carbocycles. The van der Waals surface area contributed by atoms with Gasteiger partial charge in [-0.2, -0.15) is 5.10 Å². The summed E-state index contributed by atoms with van der Waals surface area (Å²) < 4.78 is 2.04. The molecule has 0 amide bonds. The fourth-order valence-electron chi connectivity index (χ4n) is 3.75. The zero-order valence-electron chi connectivity index (χ0n) is 15.1. The van der Waals surface area contributed by atoms with Crippen molar-refractivity contribution in [3.63, 3.8) is 0 Å². The molecule has 1 fully saturated rings. The quantitative estimate of drug-likeness (QED) is 0.424. The Morgan fingerprint density at radius 1 is 1.33 bits per heavy atom. The van der Waals surface area contributed by atoms with Gasteiger partial charge in [0.2, 0.25) is 0 Å². The lowest BCUT2D eigenvalue weighted by Gasteiger charge is -2.26. The van der Waals surface area contributed by atoms with E-state index in [0.717, 1.165) is 50.1 Å². The van der Waals surface area contributed by atoms with Crippen LogP contribution in [0, 0.1) is 12.3 Å². The monoisotopic (exact) mass is 446 g/mol. The Balaban J connectivity index is 0.00000208. The SMILES string of the molecule is CCNC(=NCC1(C)CCCC1)NC1CCCn2nc(C)nc21.I. The molecule has 2 N–H and O–H groups in total. The topological polar surface area (TPSA) is 67.1 Å². The first-order valence-corrected chi connectivity index (χ1v) is 9.06. The summed E-state index contributed by atoms with van der Waals surface area (Å²) in [7, 11) is 0. The number of guanidine groups is 1. The number of fused-ring (bicyclic) bond motifs is 1. The van der Waals surface area contributed by atoms with Crippen LogP contribution in [0.25, 0.3) is 0 Å². The average Bonchev–Trinajstić information content (AvgIpc) is 3.11. The number of hydrogen-bond acceptors (Lipinski definition) is 3. The van der Waals surface area contributed by atoms with E-state index in [9.17, 15) is 0 Å². The zero-order chi connectivity index (χ0) is 16.3. The molecule has 1 aliphatic heterocycles. The number of halogens is 1. The number of nitrogens with one attached hydrogen (secondary N) is 2. The third-order valence-electron chi connectivity index (χ3n) is 5.07. The van der Waals surface area contributed by atoms with Gasteiger partial charge in [0.15, 0.2) is 5.96 Å². The van der Waals surface area contributed by atoms with Gasteiger partial charge in [-0.1, -0.05) is 19.8 Å². The first-order chi connectivity index (χ1) is 11.1. The molecule has 0 radical (unpaired) electrons. The normalized spacial score (nSPS) is 22.6. The second kappa shape index (κ2) is 8.49. The maximum atomic E-state index is 4.88. The highest BCUT2D eigenvalue weighted by molar-refractivity contribution is 14.0. The van der Waals surface area contributed by atoms with Gasteiger partial charge in [-0.05, 0) is 44.9 Å². The fourth-order valence-corrected chi connectivity index (χ4v) is 3.75.